The van der Waals surface area contributed by atoms with Gasteiger partial charge in [-0.3, -0.25) is 0 Å². The average molecular weight is 501 g/mol. The van der Waals surface area contributed by atoms with E-state index in [0.717, 1.165) is 69.4 Å². The molecule has 3 unspecified atom stereocenters. The first-order valence-corrected chi connectivity index (χ1v) is 12.4. The Morgan fingerprint density at radius 1 is 1.00 bits per heavy atom. The third kappa shape index (κ3) is 6.91. The molecule has 3 atom stereocenters. The monoisotopic (exact) mass is 500 g/mol. The number of carbonyl (C=O) groups is 1. The zero-order valence-corrected chi connectivity index (χ0v) is 20.1. The van der Waals surface area contributed by atoms with Gasteiger partial charge in [0.15, 0.2) is 0 Å². The number of nitrogens with one attached hydrogen (secondary N) is 2. The highest BCUT2D eigenvalue weighted by atomic mass is 19.4. The van der Waals surface area contributed by atoms with Crippen molar-refractivity contribution in [2.24, 2.45) is 0 Å². The molecule has 2 fully saturated rings. The maximum absolute atomic E-state index is 12.7. The fourth-order valence-electron chi connectivity index (χ4n) is 5.03. The number of hydrogen-bond donors (Lipinski definition) is 2. The van der Waals surface area contributed by atoms with Crippen LogP contribution in [-0.2, 0) is 17.5 Å². The Morgan fingerprint density at radius 3 is 2.36 bits per heavy atom. The lowest BCUT2D eigenvalue weighted by molar-refractivity contribution is -0.137. The standard InChI is InChI=1S/C27H31F3N4O2/c28-27(29,30)21-11-7-20(8-12-21)18-36-26(35)33-25-6-2-1-5-24(25)32-22-4-3-15-34(17-22)23-13-9-19(16-31)10-14-23/h7-14,22,24-25,32H,1-6,15,17-18H2,(H,33,35). The Hall–Kier alpha value is -3.25. The summed E-state index contributed by atoms with van der Waals surface area (Å²) in [4.78, 5) is 14.8. The number of alkyl halides is 3. The fraction of sp³-hybridized carbons (Fsp3) is 0.481. The molecule has 1 aliphatic heterocycles. The summed E-state index contributed by atoms with van der Waals surface area (Å²) in [6.45, 7) is 1.73. The van der Waals surface area contributed by atoms with Crippen LogP contribution >= 0.6 is 0 Å². The third-order valence-corrected chi connectivity index (χ3v) is 6.95. The van der Waals surface area contributed by atoms with E-state index in [2.05, 4.69) is 21.6 Å². The normalized spacial score (nSPS) is 22.5. The van der Waals surface area contributed by atoms with Gasteiger partial charge >= 0.3 is 12.3 Å². The van der Waals surface area contributed by atoms with Crippen molar-refractivity contribution in [1.82, 2.24) is 10.6 Å². The molecule has 2 aliphatic rings. The van der Waals surface area contributed by atoms with Crippen LogP contribution in [0.25, 0.3) is 0 Å². The number of halogens is 3. The maximum atomic E-state index is 12.7. The molecule has 1 heterocycles. The minimum atomic E-state index is -4.39. The number of amides is 1. The summed E-state index contributed by atoms with van der Waals surface area (Å²) >= 11 is 0. The van der Waals surface area contributed by atoms with Crippen molar-refractivity contribution in [2.75, 3.05) is 18.0 Å². The highest BCUT2D eigenvalue weighted by Crippen LogP contribution is 2.29. The summed E-state index contributed by atoms with van der Waals surface area (Å²) in [6.07, 6.45) is 1.06. The molecule has 1 saturated carbocycles. The first kappa shape index (κ1) is 25.8. The smallest absolute Gasteiger partial charge is 0.416 e. The minimum Gasteiger partial charge on any atom is -0.445 e. The molecule has 0 bridgehead atoms. The van der Waals surface area contributed by atoms with Gasteiger partial charge < -0.3 is 20.3 Å². The van der Waals surface area contributed by atoms with Crippen molar-refractivity contribution < 1.29 is 22.7 Å². The second-order valence-electron chi connectivity index (χ2n) is 9.52. The predicted octanol–water partition coefficient (Wildman–Crippen LogP) is 5.37. The number of carbonyl (C=O) groups excluding carboxylic acids is 1. The Bertz CT molecular complexity index is 1050. The summed E-state index contributed by atoms with van der Waals surface area (Å²) in [5.74, 6) is 0. The number of ether oxygens (including phenoxy) is 1. The second kappa shape index (κ2) is 11.7. The van der Waals surface area contributed by atoms with E-state index in [4.69, 9.17) is 10.00 Å². The molecule has 0 spiro atoms. The topological polar surface area (TPSA) is 77.4 Å². The molecule has 2 N–H and O–H groups in total. The van der Waals surface area contributed by atoms with Gasteiger partial charge in [-0.2, -0.15) is 18.4 Å². The van der Waals surface area contributed by atoms with Gasteiger partial charge in [-0.05, 0) is 67.6 Å². The van der Waals surface area contributed by atoms with E-state index in [1.165, 1.54) is 12.1 Å². The van der Waals surface area contributed by atoms with E-state index in [-0.39, 0.29) is 24.7 Å². The van der Waals surface area contributed by atoms with Crippen LogP contribution in [0.1, 0.15) is 55.2 Å². The van der Waals surface area contributed by atoms with Gasteiger partial charge in [0.2, 0.25) is 0 Å². The van der Waals surface area contributed by atoms with E-state index < -0.39 is 17.8 Å². The minimum absolute atomic E-state index is 0.0656. The largest absolute Gasteiger partial charge is 0.445 e. The van der Waals surface area contributed by atoms with Gasteiger partial charge in [0.25, 0.3) is 0 Å². The van der Waals surface area contributed by atoms with E-state index >= 15 is 0 Å². The second-order valence-corrected chi connectivity index (χ2v) is 9.52. The molecular formula is C27H31F3N4O2. The third-order valence-electron chi connectivity index (χ3n) is 6.95. The highest BCUT2D eigenvalue weighted by Gasteiger charge is 2.31. The number of hydrogen-bond acceptors (Lipinski definition) is 5. The Morgan fingerprint density at radius 2 is 1.69 bits per heavy atom. The molecule has 2 aromatic rings. The van der Waals surface area contributed by atoms with Crippen LogP contribution in [0.2, 0.25) is 0 Å². The van der Waals surface area contributed by atoms with Crippen molar-refractivity contribution in [3.05, 3.63) is 65.2 Å². The maximum Gasteiger partial charge on any atom is 0.416 e. The zero-order chi connectivity index (χ0) is 25.5. The Kier molecular flexibility index (Phi) is 8.36. The number of rotatable bonds is 6. The van der Waals surface area contributed by atoms with Crippen LogP contribution in [0.15, 0.2) is 48.5 Å². The first-order chi connectivity index (χ1) is 17.3. The average Bonchev–Trinajstić information content (AvgIpc) is 2.88. The summed E-state index contributed by atoms with van der Waals surface area (Å²) in [7, 11) is 0. The van der Waals surface area contributed by atoms with Gasteiger partial charge in [-0.15, -0.1) is 0 Å². The number of nitriles is 1. The van der Waals surface area contributed by atoms with Gasteiger partial charge in [0.05, 0.1) is 17.2 Å². The number of nitrogens with zero attached hydrogens (tertiary/aromatic N) is 2. The van der Waals surface area contributed by atoms with E-state index in [1.807, 2.05) is 24.3 Å². The van der Waals surface area contributed by atoms with Crippen LogP contribution in [0.4, 0.5) is 23.7 Å². The van der Waals surface area contributed by atoms with Crippen LogP contribution in [0, 0.1) is 11.3 Å². The van der Waals surface area contributed by atoms with Crippen LogP contribution in [0.3, 0.4) is 0 Å². The van der Waals surface area contributed by atoms with Crippen LogP contribution in [-0.4, -0.2) is 37.3 Å². The lowest BCUT2D eigenvalue weighted by Crippen LogP contribution is -2.57. The Labute approximate surface area is 209 Å². The molecule has 192 valence electrons. The highest BCUT2D eigenvalue weighted by molar-refractivity contribution is 5.67. The first-order valence-electron chi connectivity index (χ1n) is 12.4. The summed E-state index contributed by atoms with van der Waals surface area (Å²) in [6, 6.07) is 14.8. The van der Waals surface area contributed by atoms with Crippen molar-refractivity contribution in [1.29, 1.82) is 5.26 Å². The number of alkyl carbamates (subject to hydrolysis) is 1. The molecular weight excluding hydrogens is 469 g/mol. The van der Waals surface area contributed by atoms with Crippen molar-refractivity contribution >= 4 is 11.8 Å². The molecule has 1 aliphatic carbocycles. The van der Waals surface area contributed by atoms with Gasteiger partial charge in [-0.25, -0.2) is 4.79 Å². The molecule has 2 aromatic carbocycles. The number of anilines is 1. The molecule has 1 amide bonds. The van der Waals surface area contributed by atoms with Crippen LogP contribution < -0.4 is 15.5 Å². The summed E-state index contributed by atoms with van der Waals surface area (Å²) < 4.78 is 43.5. The lowest BCUT2D eigenvalue weighted by Gasteiger charge is -2.40. The fourth-order valence-corrected chi connectivity index (χ4v) is 5.03. The van der Waals surface area contributed by atoms with Gasteiger partial charge in [-0.1, -0.05) is 25.0 Å². The quantitative estimate of drug-likeness (QED) is 0.558. The van der Waals surface area contributed by atoms with Crippen molar-refractivity contribution in [2.45, 2.75) is 69.4 Å². The molecule has 6 nitrogen and oxygen atoms in total. The molecule has 0 aromatic heterocycles. The molecule has 36 heavy (non-hydrogen) atoms. The van der Waals surface area contributed by atoms with Gasteiger partial charge in [0.1, 0.15) is 6.61 Å². The Balaban J connectivity index is 1.28. The number of benzene rings is 2. The van der Waals surface area contributed by atoms with Crippen molar-refractivity contribution in [3.63, 3.8) is 0 Å². The summed E-state index contributed by atoms with van der Waals surface area (Å²) in [5, 5.41) is 15.8. The molecule has 0 radical (unpaired) electrons. The molecule has 4 rings (SSSR count). The SMILES string of the molecule is N#Cc1ccc(N2CCCC(NC3CCCCC3NC(=O)OCc3ccc(C(F)(F)F)cc3)C2)cc1. The van der Waals surface area contributed by atoms with Crippen LogP contribution in [0.5, 0.6) is 0 Å². The van der Waals surface area contributed by atoms with E-state index in [9.17, 15) is 18.0 Å². The zero-order valence-electron chi connectivity index (χ0n) is 20.1. The van der Waals surface area contributed by atoms with E-state index in [0.29, 0.717) is 11.1 Å². The molecule has 1 saturated heterocycles. The molecule has 9 heteroatoms. The predicted molar refractivity (Wildman–Crippen MR) is 130 cm³/mol. The number of piperidine rings is 1. The van der Waals surface area contributed by atoms with Crippen molar-refractivity contribution in [3.8, 4) is 6.07 Å². The van der Waals surface area contributed by atoms with E-state index in [1.54, 1.807) is 0 Å². The summed E-state index contributed by atoms with van der Waals surface area (Å²) in [5.41, 5.74) is 1.52. The van der Waals surface area contributed by atoms with Gasteiger partial charge in [0, 0.05) is 36.9 Å². The lowest BCUT2D eigenvalue weighted by atomic mass is 9.89.